The third kappa shape index (κ3) is 6.43. The maximum absolute atomic E-state index is 12.6. The number of benzene rings is 3. The van der Waals surface area contributed by atoms with Gasteiger partial charge in [-0.15, -0.1) is 0 Å². The van der Waals surface area contributed by atoms with Crippen LogP contribution in [0.3, 0.4) is 0 Å². The lowest BCUT2D eigenvalue weighted by Crippen LogP contribution is -2.20. The van der Waals surface area contributed by atoms with Crippen LogP contribution < -0.4 is 9.47 Å². The fraction of sp³-hybridized carbons (Fsp3) is 0.267. The quantitative estimate of drug-likeness (QED) is 0.173. The number of phenolic OH excluding ortho intramolecular Hbond substituents is 4. The van der Waals surface area contributed by atoms with Gasteiger partial charge in [0, 0.05) is 17.9 Å². The first-order valence-corrected chi connectivity index (χ1v) is 12.3. The Morgan fingerprint density at radius 1 is 0.897 bits per heavy atom. The number of hydrogen-bond donors (Lipinski definition) is 4. The van der Waals surface area contributed by atoms with E-state index in [1.807, 2.05) is 12.1 Å². The van der Waals surface area contributed by atoms with Crippen molar-refractivity contribution in [1.82, 2.24) is 0 Å². The number of esters is 1. The molecule has 1 aliphatic rings. The second kappa shape index (κ2) is 11.8. The molecule has 1 heterocycles. The van der Waals surface area contributed by atoms with Crippen LogP contribution in [0.25, 0.3) is 6.08 Å². The monoisotopic (exact) mass is 534 g/mol. The lowest BCUT2D eigenvalue weighted by Gasteiger charge is -2.17. The van der Waals surface area contributed by atoms with Crippen LogP contribution in [-0.4, -0.2) is 53.0 Å². The van der Waals surface area contributed by atoms with E-state index in [1.165, 1.54) is 38.5 Å². The number of aromatic hydroxyl groups is 4. The van der Waals surface area contributed by atoms with E-state index in [1.54, 1.807) is 24.3 Å². The van der Waals surface area contributed by atoms with E-state index in [2.05, 4.69) is 0 Å². The zero-order valence-electron chi connectivity index (χ0n) is 21.6. The molecule has 3 aromatic carbocycles. The second-order valence-electron chi connectivity index (χ2n) is 9.44. The van der Waals surface area contributed by atoms with Gasteiger partial charge in [0.25, 0.3) is 0 Å². The zero-order valence-corrected chi connectivity index (χ0v) is 21.6. The van der Waals surface area contributed by atoms with Crippen LogP contribution in [0.1, 0.15) is 22.3 Å². The molecule has 9 nitrogen and oxygen atoms in total. The Hall–Kier alpha value is -4.66. The highest BCUT2D eigenvalue weighted by Gasteiger charge is 2.37. The molecule has 0 saturated carbocycles. The fourth-order valence-corrected chi connectivity index (χ4v) is 4.68. The van der Waals surface area contributed by atoms with Crippen molar-refractivity contribution >= 4 is 17.8 Å². The average molecular weight is 535 g/mol. The van der Waals surface area contributed by atoms with Crippen LogP contribution in [0.2, 0.25) is 0 Å². The van der Waals surface area contributed by atoms with E-state index in [9.17, 15) is 30.0 Å². The molecule has 9 heteroatoms. The van der Waals surface area contributed by atoms with Gasteiger partial charge in [-0.3, -0.25) is 9.59 Å². The number of methoxy groups -OCH3 is 2. The molecule has 0 bridgehead atoms. The number of ketones is 1. The third-order valence-electron chi connectivity index (χ3n) is 6.78. The van der Waals surface area contributed by atoms with Gasteiger partial charge in [-0.05, 0) is 65.9 Å². The van der Waals surface area contributed by atoms with Gasteiger partial charge in [0.15, 0.2) is 28.8 Å². The minimum Gasteiger partial charge on any atom is -0.504 e. The summed E-state index contributed by atoms with van der Waals surface area (Å²) in [6.45, 7) is 0.238. The highest BCUT2D eigenvalue weighted by molar-refractivity contribution is 5.95. The van der Waals surface area contributed by atoms with Crippen molar-refractivity contribution in [2.24, 2.45) is 11.8 Å². The molecule has 2 atom stereocenters. The minimum atomic E-state index is -0.422. The molecule has 1 aliphatic heterocycles. The smallest absolute Gasteiger partial charge is 0.309 e. The summed E-state index contributed by atoms with van der Waals surface area (Å²) in [4.78, 5) is 25.1. The minimum absolute atomic E-state index is 0.0876. The molecular weight excluding hydrogens is 504 g/mol. The number of allylic oxidation sites excluding steroid dienone is 1. The van der Waals surface area contributed by atoms with E-state index in [-0.39, 0.29) is 59.4 Å². The van der Waals surface area contributed by atoms with Crippen LogP contribution in [0.4, 0.5) is 0 Å². The van der Waals surface area contributed by atoms with Gasteiger partial charge in [-0.25, -0.2) is 0 Å². The van der Waals surface area contributed by atoms with Crippen molar-refractivity contribution in [3.8, 4) is 34.5 Å². The molecular formula is C30H30O9. The first kappa shape index (κ1) is 27.4. The summed E-state index contributed by atoms with van der Waals surface area (Å²) in [6, 6.07) is 12.8. The molecule has 1 saturated heterocycles. The van der Waals surface area contributed by atoms with Gasteiger partial charge in [-0.1, -0.05) is 24.3 Å². The Balaban J connectivity index is 1.45. The Kier molecular flexibility index (Phi) is 8.29. The van der Waals surface area contributed by atoms with Crippen molar-refractivity contribution in [2.45, 2.75) is 19.3 Å². The largest absolute Gasteiger partial charge is 0.504 e. The van der Waals surface area contributed by atoms with E-state index in [0.717, 1.165) is 5.56 Å². The van der Waals surface area contributed by atoms with Crippen LogP contribution >= 0.6 is 0 Å². The number of ether oxygens (including phenoxy) is 3. The Bertz CT molecular complexity index is 1410. The van der Waals surface area contributed by atoms with Crippen LogP contribution in [0, 0.1) is 11.8 Å². The molecule has 0 aromatic heterocycles. The number of carbonyl (C=O) groups is 2. The number of cyclic esters (lactones) is 1. The lowest BCUT2D eigenvalue weighted by atomic mass is 9.84. The molecule has 3 aromatic rings. The van der Waals surface area contributed by atoms with E-state index in [4.69, 9.17) is 14.2 Å². The normalized spacial score (nSPS) is 16.8. The summed E-state index contributed by atoms with van der Waals surface area (Å²) in [5, 5.41) is 38.9. The summed E-state index contributed by atoms with van der Waals surface area (Å²) in [5.41, 5.74) is 2.80. The van der Waals surface area contributed by atoms with Gasteiger partial charge < -0.3 is 34.6 Å². The topological polar surface area (TPSA) is 143 Å². The maximum Gasteiger partial charge on any atom is 0.309 e. The first-order valence-electron chi connectivity index (χ1n) is 12.3. The zero-order chi connectivity index (χ0) is 28.1. The summed E-state index contributed by atoms with van der Waals surface area (Å²) >= 11 is 0. The molecule has 0 radical (unpaired) electrons. The maximum atomic E-state index is 12.6. The predicted molar refractivity (Wildman–Crippen MR) is 142 cm³/mol. The second-order valence-corrected chi connectivity index (χ2v) is 9.44. The molecule has 0 aliphatic carbocycles. The van der Waals surface area contributed by atoms with Crippen LogP contribution in [-0.2, 0) is 33.6 Å². The van der Waals surface area contributed by atoms with Crippen molar-refractivity contribution in [2.75, 3.05) is 20.8 Å². The molecule has 4 rings (SSSR count). The summed E-state index contributed by atoms with van der Waals surface area (Å²) in [7, 11) is 2.91. The fourth-order valence-electron chi connectivity index (χ4n) is 4.68. The van der Waals surface area contributed by atoms with Gasteiger partial charge in [0.05, 0.1) is 26.7 Å². The van der Waals surface area contributed by atoms with Gasteiger partial charge in [0.1, 0.15) is 5.75 Å². The summed E-state index contributed by atoms with van der Waals surface area (Å²) in [5.74, 6) is -1.52. The van der Waals surface area contributed by atoms with Gasteiger partial charge >= 0.3 is 5.97 Å². The molecule has 39 heavy (non-hydrogen) atoms. The van der Waals surface area contributed by atoms with Crippen molar-refractivity contribution in [3.63, 3.8) is 0 Å². The predicted octanol–water partition coefficient (Wildman–Crippen LogP) is 3.93. The van der Waals surface area contributed by atoms with Crippen LogP contribution in [0.5, 0.6) is 34.5 Å². The summed E-state index contributed by atoms with van der Waals surface area (Å²) in [6.07, 6.45) is 3.88. The van der Waals surface area contributed by atoms with E-state index >= 15 is 0 Å². The molecule has 0 amide bonds. The highest BCUT2D eigenvalue weighted by Crippen LogP contribution is 2.38. The number of rotatable bonds is 10. The Labute approximate surface area is 225 Å². The third-order valence-corrected chi connectivity index (χ3v) is 6.78. The Morgan fingerprint density at radius 3 is 2.36 bits per heavy atom. The van der Waals surface area contributed by atoms with E-state index in [0.29, 0.717) is 35.3 Å². The molecule has 0 unspecified atom stereocenters. The Morgan fingerprint density at radius 2 is 1.64 bits per heavy atom. The SMILES string of the molecule is COc1cc(C[C@@H]2C(=O)OC[C@@H]2Cc2cc(O)c(O)c(OC)c2)ccc1CC(=O)C=Cc1ccc(O)c(O)c1. The molecule has 4 N–H and O–H groups in total. The molecule has 0 spiro atoms. The van der Waals surface area contributed by atoms with Gasteiger partial charge in [-0.2, -0.15) is 0 Å². The highest BCUT2D eigenvalue weighted by atomic mass is 16.5. The van der Waals surface area contributed by atoms with E-state index < -0.39 is 5.92 Å². The van der Waals surface area contributed by atoms with Crippen molar-refractivity contribution < 1.29 is 44.2 Å². The standard InChI is InChI=1S/C30H30O9/c1-37-27-13-18(3-6-20(27)15-22(31)7-4-17-5-8-24(32)25(33)11-17)10-23-21(16-39-30(23)36)9-19-12-26(34)29(35)28(14-19)38-2/h3-8,11-14,21,23,32-35H,9-10,15-16H2,1-2H3/t21-,23-/m0/s1. The first-order chi connectivity index (χ1) is 18.7. The number of carbonyl (C=O) groups excluding carboxylic acids is 2. The van der Waals surface area contributed by atoms with Crippen molar-refractivity contribution in [1.29, 1.82) is 0 Å². The number of phenols is 4. The van der Waals surface area contributed by atoms with Crippen molar-refractivity contribution in [3.05, 3.63) is 76.9 Å². The number of hydrogen-bond acceptors (Lipinski definition) is 9. The average Bonchev–Trinajstić information content (AvgIpc) is 3.25. The van der Waals surface area contributed by atoms with Crippen LogP contribution in [0.15, 0.2) is 54.6 Å². The summed E-state index contributed by atoms with van der Waals surface area (Å²) < 4.78 is 16.0. The lowest BCUT2D eigenvalue weighted by molar-refractivity contribution is -0.141. The molecule has 204 valence electrons. The molecule has 1 fully saturated rings. The van der Waals surface area contributed by atoms with Gasteiger partial charge in [0.2, 0.25) is 5.75 Å².